The lowest BCUT2D eigenvalue weighted by atomic mass is 10.4. The molecule has 13 heavy (non-hydrogen) atoms. The highest BCUT2D eigenvalue weighted by atomic mass is 32.2. The third kappa shape index (κ3) is 2.82. The fourth-order valence-corrected chi connectivity index (χ4v) is 2.00. The Bertz CT molecular complexity index is 345. The molecule has 0 unspecified atom stereocenters. The number of benzene rings is 1. The first-order valence-electron chi connectivity index (χ1n) is 4.12. The molecule has 1 N–H and O–H groups in total. The van der Waals surface area contributed by atoms with Crippen LogP contribution < -0.4 is 4.72 Å². The smallest absolute Gasteiger partial charge is 0.211 e. The molecule has 0 fully saturated rings. The molecule has 1 radical (unpaired) electrons. The van der Waals surface area contributed by atoms with Crippen molar-refractivity contribution in [3.05, 3.63) is 30.3 Å². The summed E-state index contributed by atoms with van der Waals surface area (Å²) in [5.41, 5.74) is 0. The summed E-state index contributed by atoms with van der Waals surface area (Å²) < 4.78 is 25.4. The van der Waals surface area contributed by atoms with Gasteiger partial charge in [0.2, 0.25) is 10.0 Å². The van der Waals surface area contributed by atoms with Crippen molar-refractivity contribution < 1.29 is 8.42 Å². The van der Waals surface area contributed by atoms with E-state index in [2.05, 4.69) is 10.8 Å². The topological polar surface area (TPSA) is 46.2 Å². The lowest BCUT2D eigenvalue weighted by molar-refractivity contribution is 0.581. The van der Waals surface area contributed by atoms with Crippen LogP contribution >= 0.6 is 0 Å². The Morgan fingerprint density at radius 3 is 2.54 bits per heavy atom. The molecule has 0 amide bonds. The lowest BCUT2D eigenvalue weighted by Crippen LogP contribution is -2.24. The molecule has 4 heteroatoms. The first-order chi connectivity index (χ1) is 6.17. The molecule has 1 rings (SSSR count). The van der Waals surface area contributed by atoms with Crippen LogP contribution in [0, 0.1) is 6.07 Å². The molecule has 3 nitrogen and oxygen atoms in total. The molecule has 0 bridgehead atoms. The van der Waals surface area contributed by atoms with Gasteiger partial charge in [0.15, 0.2) is 0 Å². The maximum atomic E-state index is 11.5. The molecule has 71 valence electrons. The van der Waals surface area contributed by atoms with Crippen LogP contribution in [-0.4, -0.2) is 15.0 Å². The second-order valence-electron chi connectivity index (χ2n) is 2.63. The van der Waals surface area contributed by atoms with Crippen LogP contribution in [0.1, 0.15) is 13.3 Å². The Morgan fingerprint density at radius 2 is 2.00 bits per heavy atom. The van der Waals surface area contributed by atoms with E-state index in [1.165, 1.54) is 12.1 Å². The van der Waals surface area contributed by atoms with E-state index in [0.29, 0.717) is 11.4 Å². The van der Waals surface area contributed by atoms with Crippen LogP contribution in [0.4, 0.5) is 0 Å². The van der Waals surface area contributed by atoms with Crippen LogP contribution in [0.15, 0.2) is 29.2 Å². The molecular formula is C9H12NO2S. The van der Waals surface area contributed by atoms with Gasteiger partial charge in [-0.25, -0.2) is 13.1 Å². The molecule has 0 spiro atoms. The molecular weight excluding hydrogens is 186 g/mol. The molecule has 0 atom stereocenters. The Morgan fingerprint density at radius 1 is 1.38 bits per heavy atom. The maximum Gasteiger partial charge on any atom is 0.240 e. The van der Waals surface area contributed by atoms with Gasteiger partial charge in [0.1, 0.15) is 0 Å². The zero-order chi connectivity index (χ0) is 9.73. The highest BCUT2D eigenvalue weighted by molar-refractivity contribution is 7.89. The molecule has 0 aliphatic heterocycles. The van der Waals surface area contributed by atoms with Gasteiger partial charge >= 0.3 is 0 Å². The van der Waals surface area contributed by atoms with Gasteiger partial charge in [-0.1, -0.05) is 19.1 Å². The van der Waals surface area contributed by atoms with E-state index in [4.69, 9.17) is 0 Å². The van der Waals surface area contributed by atoms with Gasteiger partial charge in [-0.3, -0.25) is 0 Å². The first kappa shape index (κ1) is 10.2. The van der Waals surface area contributed by atoms with Crippen LogP contribution in [0.2, 0.25) is 0 Å². The van der Waals surface area contributed by atoms with E-state index in [-0.39, 0.29) is 0 Å². The van der Waals surface area contributed by atoms with Crippen molar-refractivity contribution in [1.29, 1.82) is 0 Å². The summed E-state index contributed by atoms with van der Waals surface area (Å²) in [5, 5.41) is 0. The minimum absolute atomic E-state index is 0.291. The molecule has 1 aromatic carbocycles. The van der Waals surface area contributed by atoms with Gasteiger partial charge in [-0.05, 0) is 24.6 Å². The summed E-state index contributed by atoms with van der Waals surface area (Å²) in [5.74, 6) is 0. The van der Waals surface area contributed by atoms with E-state index >= 15 is 0 Å². The Labute approximate surface area is 78.8 Å². The van der Waals surface area contributed by atoms with Gasteiger partial charge in [-0.2, -0.15) is 0 Å². The van der Waals surface area contributed by atoms with E-state index < -0.39 is 10.0 Å². The maximum absolute atomic E-state index is 11.5. The highest BCUT2D eigenvalue weighted by Crippen LogP contribution is 2.06. The molecule has 0 heterocycles. The van der Waals surface area contributed by atoms with Crippen molar-refractivity contribution in [3.63, 3.8) is 0 Å². The quantitative estimate of drug-likeness (QED) is 0.789. The zero-order valence-corrected chi connectivity index (χ0v) is 8.26. The molecule has 0 aliphatic rings. The van der Waals surface area contributed by atoms with Crippen LogP contribution in [0.3, 0.4) is 0 Å². The first-order valence-corrected chi connectivity index (χ1v) is 5.61. The van der Waals surface area contributed by atoms with Gasteiger partial charge in [0, 0.05) is 6.54 Å². The van der Waals surface area contributed by atoms with Gasteiger partial charge < -0.3 is 0 Å². The average molecular weight is 198 g/mol. The Hall–Kier alpha value is -0.870. The molecule has 0 aliphatic carbocycles. The van der Waals surface area contributed by atoms with Gasteiger partial charge in [-0.15, -0.1) is 0 Å². The third-order valence-electron chi connectivity index (χ3n) is 1.54. The van der Waals surface area contributed by atoms with Crippen molar-refractivity contribution in [3.8, 4) is 0 Å². The lowest BCUT2D eigenvalue weighted by Gasteiger charge is -2.03. The standard InChI is InChI=1S/C9H12NO2S/c1-2-8-10-13(11,12)9-6-4-3-5-7-9/h4-7,10H,2,8H2,1H3. The Kier molecular flexibility index (Phi) is 3.45. The zero-order valence-electron chi connectivity index (χ0n) is 7.45. The normalized spacial score (nSPS) is 11.5. The van der Waals surface area contributed by atoms with E-state index in [1.807, 2.05) is 6.92 Å². The SMILES string of the molecule is CCCNS(=O)(=O)c1cc[c]cc1. The summed E-state index contributed by atoms with van der Waals surface area (Å²) in [6, 6.07) is 8.99. The van der Waals surface area contributed by atoms with Crippen molar-refractivity contribution in [2.24, 2.45) is 0 Å². The largest absolute Gasteiger partial charge is 0.240 e. The fourth-order valence-electron chi connectivity index (χ4n) is 0.871. The fraction of sp³-hybridized carbons (Fsp3) is 0.333. The van der Waals surface area contributed by atoms with E-state index in [1.54, 1.807) is 12.1 Å². The molecule has 0 saturated carbocycles. The van der Waals surface area contributed by atoms with Crippen LogP contribution in [0.25, 0.3) is 0 Å². The van der Waals surface area contributed by atoms with Gasteiger partial charge in [0.05, 0.1) is 4.90 Å². The predicted molar refractivity (Wildman–Crippen MR) is 50.8 cm³/mol. The minimum Gasteiger partial charge on any atom is -0.211 e. The van der Waals surface area contributed by atoms with E-state index in [0.717, 1.165) is 6.42 Å². The highest BCUT2D eigenvalue weighted by Gasteiger charge is 2.10. The number of sulfonamides is 1. The Balaban J connectivity index is 2.83. The summed E-state index contributed by atoms with van der Waals surface area (Å²) >= 11 is 0. The second kappa shape index (κ2) is 4.39. The number of hydrogen-bond donors (Lipinski definition) is 1. The second-order valence-corrected chi connectivity index (χ2v) is 4.40. The van der Waals surface area contributed by atoms with Crippen molar-refractivity contribution >= 4 is 10.0 Å². The van der Waals surface area contributed by atoms with Crippen molar-refractivity contribution in [1.82, 2.24) is 4.72 Å². The summed E-state index contributed by atoms with van der Waals surface area (Å²) in [4.78, 5) is 0.291. The summed E-state index contributed by atoms with van der Waals surface area (Å²) in [6.45, 7) is 2.39. The average Bonchev–Trinajstić information content (AvgIpc) is 2.16. The van der Waals surface area contributed by atoms with Crippen molar-refractivity contribution in [2.45, 2.75) is 18.2 Å². The summed E-state index contributed by atoms with van der Waals surface area (Å²) in [6.07, 6.45) is 0.790. The van der Waals surface area contributed by atoms with Gasteiger partial charge in [0.25, 0.3) is 0 Å². The number of hydrogen-bond acceptors (Lipinski definition) is 2. The molecule has 0 aromatic heterocycles. The third-order valence-corrected chi connectivity index (χ3v) is 3.02. The summed E-state index contributed by atoms with van der Waals surface area (Å²) in [7, 11) is -3.29. The molecule has 1 aromatic rings. The number of rotatable bonds is 4. The molecule has 0 saturated heterocycles. The van der Waals surface area contributed by atoms with E-state index in [9.17, 15) is 8.42 Å². The van der Waals surface area contributed by atoms with Crippen LogP contribution in [-0.2, 0) is 10.0 Å². The monoisotopic (exact) mass is 198 g/mol. The minimum atomic E-state index is -3.29. The van der Waals surface area contributed by atoms with Crippen LogP contribution in [0.5, 0.6) is 0 Å². The number of nitrogens with one attached hydrogen (secondary N) is 1. The van der Waals surface area contributed by atoms with Crippen molar-refractivity contribution in [2.75, 3.05) is 6.54 Å². The predicted octanol–water partition coefficient (Wildman–Crippen LogP) is 1.18.